The molecule has 0 N–H and O–H groups in total. The third kappa shape index (κ3) is 3.43. The molecule has 0 spiro atoms. The van der Waals surface area contributed by atoms with Crippen LogP contribution in [0.2, 0.25) is 0 Å². The van der Waals surface area contributed by atoms with Gasteiger partial charge in [0.1, 0.15) is 6.61 Å². The summed E-state index contributed by atoms with van der Waals surface area (Å²) in [6, 6.07) is 8.53. The Bertz CT molecular complexity index is 1110. The molecule has 0 bridgehead atoms. The third-order valence-electron chi connectivity index (χ3n) is 6.31. The minimum atomic E-state index is 0.0724. The second-order valence-corrected chi connectivity index (χ2v) is 8.73. The van der Waals surface area contributed by atoms with Crippen LogP contribution in [0.5, 0.6) is 5.88 Å². The SMILES string of the molecule is Cc1ccc2c(c1)CCC2CC(=O)COc1cc(C)c2c(C3CC3)nn(C)c2n1. The fourth-order valence-electron chi connectivity index (χ4n) is 4.69. The summed E-state index contributed by atoms with van der Waals surface area (Å²) in [5.74, 6) is 1.53. The number of ether oxygens (including phenoxy) is 1. The van der Waals surface area contributed by atoms with E-state index in [1.54, 1.807) is 0 Å². The summed E-state index contributed by atoms with van der Waals surface area (Å²) < 4.78 is 7.65. The Balaban J connectivity index is 1.28. The lowest BCUT2D eigenvalue weighted by Crippen LogP contribution is -2.15. The van der Waals surface area contributed by atoms with E-state index in [4.69, 9.17) is 4.74 Å². The number of ketones is 1. The van der Waals surface area contributed by atoms with Gasteiger partial charge in [-0.05, 0) is 62.1 Å². The number of hydrogen-bond donors (Lipinski definition) is 0. The molecule has 2 heterocycles. The lowest BCUT2D eigenvalue weighted by molar-refractivity contribution is -0.121. The van der Waals surface area contributed by atoms with Crippen LogP contribution in [0.15, 0.2) is 24.3 Å². The highest BCUT2D eigenvalue weighted by atomic mass is 16.5. The molecular weight excluding hydrogens is 362 g/mol. The molecule has 1 unspecified atom stereocenters. The van der Waals surface area contributed by atoms with Crippen molar-refractivity contribution in [2.45, 2.75) is 57.8 Å². The molecule has 5 rings (SSSR count). The van der Waals surface area contributed by atoms with E-state index in [1.165, 1.54) is 29.5 Å². The Morgan fingerprint density at radius 2 is 2.03 bits per heavy atom. The molecule has 0 amide bonds. The molecule has 1 saturated carbocycles. The number of benzene rings is 1. The fourth-order valence-corrected chi connectivity index (χ4v) is 4.69. The molecule has 3 aromatic rings. The largest absolute Gasteiger partial charge is 0.470 e. The molecular formula is C24H27N3O2. The van der Waals surface area contributed by atoms with Crippen molar-refractivity contribution in [2.24, 2.45) is 7.05 Å². The lowest BCUT2D eigenvalue weighted by atomic mass is 9.95. The Morgan fingerprint density at radius 1 is 1.21 bits per heavy atom. The van der Waals surface area contributed by atoms with Gasteiger partial charge in [-0.1, -0.05) is 23.8 Å². The second-order valence-electron chi connectivity index (χ2n) is 8.73. The van der Waals surface area contributed by atoms with Crippen LogP contribution in [0.3, 0.4) is 0 Å². The number of nitrogens with zero attached hydrogens (tertiary/aromatic N) is 3. The van der Waals surface area contributed by atoms with Crippen LogP contribution in [0.25, 0.3) is 11.0 Å². The Kier molecular flexibility index (Phi) is 4.41. The van der Waals surface area contributed by atoms with Crippen LogP contribution in [-0.4, -0.2) is 27.2 Å². The quantitative estimate of drug-likeness (QED) is 0.621. The van der Waals surface area contributed by atoms with Crippen molar-refractivity contribution in [1.29, 1.82) is 0 Å². The van der Waals surface area contributed by atoms with E-state index in [2.05, 4.69) is 42.1 Å². The first-order valence-electron chi connectivity index (χ1n) is 10.6. The third-order valence-corrected chi connectivity index (χ3v) is 6.31. The van der Waals surface area contributed by atoms with Crippen LogP contribution in [0.4, 0.5) is 0 Å². The van der Waals surface area contributed by atoms with Crippen molar-refractivity contribution < 1.29 is 9.53 Å². The summed E-state index contributed by atoms with van der Waals surface area (Å²) in [5.41, 5.74) is 7.14. The van der Waals surface area contributed by atoms with Crippen molar-refractivity contribution in [3.05, 3.63) is 52.2 Å². The molecule has 2 aliphatic rings. The molecule has 1 fully saturated rings. The molecule has 5 heteroatoms. The average Bonchev–Trinajstić information content (AvgIpc) is 3.39. The van der Waals surface area contributed by atoms with E-state index in [9.17, 15) is 4.79 Å². The molecule has 150 valence electrons. The molecule has 2 aromatic heterocycles. The molecule has 29 heavy (non-hydrogen) atoms. The fraction of sp³-hybridized carbons (Fsp3) is 0.458. The average molecular weight is 389 g/mol. The van der Waals surface area contributed by atoms with Crippen molar-refractivity contribution >= 4 is 16.8 Å². The van der Waals surface area contributed by atoms with Gasteiger partial charge in [-0.25, -0.2) is 0 Å². The van der Waals surface area contributed by atoms with Gasteiger partial charge < -0.3 is 4.74 Å². The molecule has 1 atom stereocenters. The van der Waals surface area contributed by atoms with Crippen molar-refractivity contribution in [2.75, 3.05) is 6.61 Å². The van der Waals surface area contributed by atoms with Gasteiger partial charge in [0.2, 0.25) is 5.88 Å². The van der Waals surface area contributed by atoms with Crippen LogP contribution in [-0.2, 0) is 18.3 Å². The molecule has 5 nitrogen and oxygen atoms in total. The minimum absolute atomic E-state index is 0.0724. The summed E-state index contributed by atoms with van der Waals surface area (Å²) in [6.07, 6.45) is 5.07. The van der Waals surface area contributed by atoms with E-state index in [-0.39, 0.29) is 12.4 Å². The van der Waals surface area contributed by atoms with Gasteiger partial charge in [-0.2, -0.15) is 10.1 Å². The van der Waals surface area contributed by atoms with Gasteiger partial charge in [-0.3, -0.25) is 9.48 Å². The first kappa shape index (κ1) is 18.3. The minimum Gasteiger partial charge on any atom is -0.470 e. The topological polar surface area (TPSA) is 57.0 Å². The van der Waals surface area contributed by atoms with E-state index in [0.717, 1.165) is 35.1 Å². The molecule has 0 aliphatic heterocycles. The number of Topliss-reactive ketones (excluding diaryl/α,β-unsaturated/α-hetero) is 1. The Labute approximate surface area is 171 Å². The zero-order valence-electron chi connectivity index (χ0n) is 17.4. The number of pyridine rings is 1. The first-order valence-corrected chi connectivity index (χ1v) is 10.6. The highest BCUT2D eigenvalue weighted by Crippen LogP contribution is 2.43. The maximum atomic E-state index is 12.6. The van der Waals surface area contributed by atoms with E-state index in [1.807, 2.05) is 17.8 Å². The number of aryl methyl sites for hydroxylation is 4. The van der Waals surface area contributed by atoms with E-state index < -0.39 is 0 Å². The smallest absolute Gasteiger partial charge is 0.215 e. The van der Waals surface area contributed by atoms with Crippen molar-refractivity contribution in [1.82, 2.24) is 14.8 Å². The van der Waals surface area contributed by atoms with Gasteiger partial charge in [-0.15, -0.1) is 0 Å². The number of rotatable bonds is 6. The standard InChI is InChI=1S/C24H27N3O2/c1-14-4-9-20-17(10-14)7-8-18(20)12-19(28)13-29-21-11-15(2)22-23(16-5-6-16)26-27(3)24(22)25-21/h4,9-11,16,18H,5-8,12-13H2,1-3H3. The number of aromatic nitrogens is 3. The summed E-state index contributed by atoms with van der Waals surface area (Å²) in [6.45, 7) is 4.26. The van der Waals surface area contributed by atoms with Gasteiger partial charge in [0.15, 0.2) is 11.4 Å². The number of fused-ring (bicyclic) bond motifs is 2. The molecule has 2 aliphatic carbocycles. The van der Waals surface area contributed by atoms with Gasteiger partial charge >= 0.3 is 0 Å². The highest BCUT2D eigenvalue weighted by Gasteiger charge is 2.30. The highest BCUT2D eigenvalue weighted by molar-refractivity contribution is 5.84. The van der Waals surface area contributed by atoms with Gasteiger partial charge in [0, 0.05) is 30.8 Å². The van der Waals surface area contributed by atoms with Crippen LogP contribution >= 0.6 is 0 Å². The number of carbonyl (C=O) groups is 1. The van der Waals surface area contributed by atoms with Gasteiger partial charge in [0.05, 0.1) is 5.69 Å². The maximum Gasteiger partial charge on any atom is 0.215 e. The van der Waals surface area contributed by atoms with Gasteiger partial charge in [0.25, 0.3) is 0 Å². The van der Waals surface area contributed by atoms with Crippen LogP contribution < -0.4 is 4.74 Å². The van der Waals surface area contributed by atoms with Crippen LogP contribution in [0, 0.1) is 13.8 Å². The summed E-state index contributed by atoms with van der Waals surface area (Å²) in [4.78, 5) is 17.2. The van der Waals surface area contributed by atoms with Crippen LogP contribution in [0.1, 0.15) is 65.5 Å². The normalized spacial score (nSPS) is 18.2. The summed E-state index contributed by atoms with van der Waals surface area (Å²) in [7, 11) is 1.93. The predicted molar refractivity (Wildman–Crippen MR) is 113 cm³/mol. The first-order chi connectivity index (χ1) is 14.0. The lowest BCUT2D eigenvalue weighted by Gasteiger charge is -2.12. The monoisotopic (exact) mass is 389 g/mol. The number of hydrogen-bond acceptors (Lipinski definition) is 4. The van der Waals surface area contributed by atoms with E-state index >= 15 is 0 Å². The molecule has 0 saturated heterocycles. The second kappa shape index (κ2) is 6.97. The Morgan fingerprint density at radius 3 is 2.83 bits per heavy atom. The zero-order valence-corrected chi connectivity index (χ0v) is 17.4. The predicted octanol–water partition coefficient (Wildman–Crippen LogP) is 4.53. The summed E-state index contributed by atoms with van der Waals surface area (Å²) >= 11 is 0. The molecule has 1 aromatic carbocycles. The molecule has 0 radical (unpaired) electrons. The maximum absolute atomic E-state index is 12.6. The summed E-state index contributed by atoms with van der Waals surface area (Å²) in [5, 5.41) is 5.82. The van der Waals surface area contributed by atoms with E-state index in [0.29, 0.717) is 24.1 Å². The van der Waals surface area contributed by atoms with Crippen molar-refractivity contribution in [3.8, 4) is 5.88 Å². The zero-order chi connectivity index (χ0) is 20.1. The number of carbonyl (C=O) groups excluding carboxylic acids is 1. The Hall–Kier alpha value is -2.69. The van der Waals surface area contributed by atoms with Crippen molar-refractivity contribution in [3.63, 3.8) is 0 Å².